The van der Waals surface area contributed by atoms with Crippen LogP contribution in [0.15, 0.2) is 17.0 Å². The molecule has 0 amide bonds. The highest BCUT2D eigenvalue weighted by Crippen LogP contribution is 2.26. The molecule has 0 unspecified atom stereocenters. The zero-order chi connectivity index (χ0) is 14.8. The van der Waals surface area contributed by atoms with E-state index in [2.05, 4.69) is 0 Å². The average Bonchev–Trinajstić information content (AvgIpc) is 2.30. The first-order valence-electron chi connectivity index (χ1n) is 6.06. The van der Waals surface area contributed by atoms with Crippen molar-refractivity contribution in [3.8, 4) is 0 Å². The fourth-order valence-electron chi connectivity index (χ4n) is 1.92. The van der Waals surface area contributed by atoms with E-state index >= 15 is 0 Å². The highest BCUT2D eigenvalue weighted by atomic mass is 35.5. The van der Waals surface area contributed by atoms with Crippen molar-refractivity contribution in [2.75, 3.05) is 13.6 Å². The molecule has 0 saturated heterocycles. The van der Waals surface area contributed by atoms with Crippen LogP contribution < -0.4 is 0 Å². The molecule has 19 heavy (non-hydrogen) atoms. The molecule has 0 heterocycles. The minimum absolute atomic E-state index is 0.159. The molecule has 0 aliphatic heterocycles. The Hall–Kier alpha value is -0.620. The number of hydrogen-bond acceptors (Lipinski definition) is 3. The summed E-state index contributed by atoms with van der Waals surface area (Å²) in [6.07, 6.45) is 0. The fraction of sp³-hybridized carbons (Fsp3) is 0.538. The van der Waals surface area contributed by atoms with Gasteiger partial charge in [-0.2, -0.15) is 0 Å². The summed E-state index contributed by atoms with van der Waals surface area (Å²) >= 11 is 5.92. The van der Waals surface area contributed by atoms with Crippen LogP contribution in [-0.4, -0.2) is 31.4 Å². The minimum Gasteiger partial charge on any atom is -0.392 e. The Balaban J connectivity index is 3.32. The van der Waals surface area contributed by atoms with E-state index in [0.717, 1.165) is 0 Å². The molecule has 108 valence electrons. The molecule has 6 heteroatoms. The highest BCUT2D eigenvalue weighted by Gasteiger charge is 2.25. The van der Waals surface area contributed by atoms with Gasteiger partial charge in [0, 0.05) is 18.6 Å². The predicted octanol–water partition coefficient (Wildman–Crippen LogP) is 2.42. The Bertz CT molecular complexity index is 555. The van der Waals surface area contributed by atoms with Crippen molar-refractivity contribution >= 4 is 21.6 Å². The lowest BCUT2D eigenvalue weighted by atomic mass is 10.1. The van der Waals surface area contributed by atoms with Crippen LogP contribution in [0.25, 0.3) is 0 Å². The molecule has 0 saturated carbocycles. The van der Waals surface area contributed by atoms with Gasteiger partial charge in [-0.05, 0) is 36.1 Å². The van der Waals surface area contributed by atoms with Gasteiger partial charge in [-0.15, -0.1) is 0 Å². The third-order valence-electron chi connectivity index (χ3n) is 2.91. The lowest BCUT2D eigenvalue weighted by Crippen LogP contribution is -2.31. The van der Waals surface area contributed by atoms with Gasteiger partial charge in [0.15, 0.2) is 0 Å². The Kier molecular flexibility index (Phi) is 5.38. The molecule has 1 N–H and O–H groups in total. The quantitative estimate of drug-likeness (QED) is 0.909. The summed E-state index contributed by atoms with van der Waals surface area (Å²) in [6.45, 7) is 5.79. The summed E-state index contributed by atoms with van der Waals surface area (Å²) < 4.78 is 26.3. The molecular formula is C13H20ClNO3S. The summed E-state index contributed by atoms with van der Waals surface area (Å²) in [6, 6.07) is 3.01. The molecule has 0 bridgehead atoms. The lowest BCUT2D eigenvalue weighted by Gasteiger charge is -2.21. The Morgan fingerprint density at radius 2 is 1.95 bits per heavy atom. The molecule has 0 radical (unpaired) electrons. The van der Waals surface area contributed by atoms with E-state index in [-0.39, 0.29) is 17.4 Å². The van der Waals surface area contributed by atoms with E-state index in [4.69, 9.17) is 11.6 Å². The van der Waals surface area contributed by atoms with Crippen LogP contribution >= 0.6 is 11.6 Å². The first-order valence-corrected chi connectivity index (χ1v) is 7.88. The van der Waals surface area contributed by atoms with Crippen molar-refractivity contribution in [3.63, 3.8) is 0 Å². The summed E-state index contributed by atoms with van der Waals surface area (Å²) in [7, 11) is -2.03. The van der Waals surface area contributed by atoms with Gasteiger partial charge < -0.3 is 5.11 Å². The molecule has 0 atom stereocenters. The topological polar surface area (TPSA) is 57.6 Å². The lowest BCUT2D eigenvalue weighted by molar-refractivity contribution is 0.280. The average molecular weight is 306 g/mol. The molecule has 4 nitrogen and oxygen atoms in total. The number of nitrogens with zero attached hydrogens (tertiary/aromatic N) is 1. The zero-order valence-electron chi connectivity index (χ0n) is 11.6. The fourth-order valence-corrected chi connectivity index (χ4v) is 3.85. The van der Waals surface area contributed by atoms with E-state index in [1.165, 1.54) is 10.4 Å². The predicted molar refractivity (Wildman–Crippen MR) is 76.8 cm³/mol. The van der Waals surface area contributed by atoms with Gasteiger partial charge in [-0.3, -0.25) is 0 Å². The standard InChI is InChI=1S/C13H20ClNO3S/c1-9(2)7-15(4)19(17,18)13-6-12(14)5-11(8-16)10(13)3/h5-6,9,16H,7-8H2,1-4H3. The Labute approximate surface area is 120 Å². The van der Waals surface area contributed by atoms with Gasteiger partial charge >= 0.3 is 0 Å². The van der Waals surface area contributed by atoms with Crippen molar-refractivity contribution in [2.24, 2.45) is 5.92 Å². The van der Waals surface area contributed by atoms with E-state index in [1.54, 1.807) is 20.0 Å². The van der Waals surface area contributed by atoms with Crippen LogP contribution in [0.1, 0.15) is 25.0 Å². The van der Waals surface area contributed by atoms with Crippen LogP contribution in [0.3, 0.4) is 0 Å². The molecule has 0 spiro atoms. The van der Waals surface area contributed by atoms with Crippen molar-refractivity contribution in [1.29, 1.82) is 0 Å². The number of hydrogen-bond donors (Lipinski definition) is 1. The van der Waals surface area contributed by atoms with Crippen molar-refractivity contribution in [2.45, 2.75) is 32.3 Å². The number of aliphatic hydroxyl groups is 1. The van der Waals surface area contributed by atoms with Gasteiger partial charge in [0.25, 0.3) is 0 Å². The molecule has 1 rings (SSSR count). The number of halogens is 1. The van der Waals surface area contributed by atoms with Crippen LogP contribution in [0.2, 0.25) is 5.02 Å². The van der Waals surface area contributed by atoms with Crippen molar-refractivity contribution < 1.29 is 13.5 Å². The minimum atomic E-state index is -3.58. The molecule has 0 aromatic heterocycles. The van der Waals surface area contributed by atoms with Gasteiger partial charge in [0.05, 0.1) is 11.5 Å². The van der Waals surface area contributed by atoms with Crippen LogP contribution in [0.5, 0.6) is 0 Å². The number of sulfonamides is 1. The van der Waals surface area contributed by atoms with E-state index in [0.29, 0.717) is 22.7 Å². The van der Waals surface area contributed by atoms with Crippen LogP contribution in [0.4, 0.5) is 0 Å². The molecule has 1 aromatic rings. The molecular weight excluding hydrogens is 286 g/mol. The van der Waals surface area contributed by atoms with Crippen LogP contribution in [0, 0.1) is 12.8 Å². The van der Waals surface area contributed by atoms with Gasteiger partial charge in [0.1, 0.15) is 0 Å². The second kappa shape index (κ2) is 6.22. The maximum absolute atomic E-state index is 12.5. The molecule has 0 fully saturated rings. The zero-order valence-corrected chi connectivity index (χ0v) is 13.2. The number of aliphatic hydroxyl groups excluding tert-OH is 1. The van der Waals surface area contributed by atoms with Crippen molar-refractivity contribution in [1.82, 2.24) is 4.31 Å². The van der Waals surface area contributed by atoms with Gasteiger partial charge in [-0.25, -0.2) is 12.7 Å². The molecule has 1 aromatic carbocycles. The van der Waals surface area contributed by atoms with Gasteiger partial charge in [-0.1, -0.05) is 25.4 Å². The maximum atomic E-state index is 12.5. The normalized spacial score (nSPS) is 12.4. The number of rotatable bonds is 5. The second-order valence-electron chi connectivity index (χ2n) is 5.03. The summed E-state index contributed by atoms with van der Waals surface area (Å²) in [5.74, 6) is 0.233. The SMILES string of the molecule is Cc1c(CO)cc(Cl)cc1S(=O)(=O)N(C)CC(C)C. The largest absolute Gasteiger partial charge is 0.392 e. The molecule has 0 aliphatic rings. The summed E-state index contributed by atoms with van der Waals surface area (Å²) in [5, 5.41) is 9.56. The smallest absolute Gasteiger partial charge is 0.243 e. The Morgan fingerprint density at radius 3 is 2.42 bits per heavy atom. The second-order valence-corrected chi connectivity index (χ2v) is 7.48. The third kappa shape index (κ3) is 3.69. The molecule has 0 aliphatic carbocycles. The first kappa shape index (κ1) is 16.4. The number of benzene rings is 1. The van der Waals surface area contributed by atoms with E-state index < -0.39 is 10.0 Å². The first-order chi connectivity index (χ1) is 8.70. The van der Waals surface area contributed by atoms with Crippen LogP contribution in [-0.2, 0) is 16.6 Å². The third-order valence-corrected chi connectivity index (χ3v) is 5.08. The summed E-state index contributed by atoms with van der Waals surface area (Å²) in [5.41, 5.74) is 1.08. The monoisotopic (exact) mass is 305 g/mol. The van der Waals surface area contributed by atoms with Gasteiger partial charge in [0.2, 0.25) is 10.0 Å². The Morgan fingerprint density at radius 1 is 1.37 bits per heavy atom. The van der Waals surface area contributed by atoms with Crippen molar-refractivity contribution in [3.05, 3.63) is 28.3 Å². The van der Waals surface area contributed by atoms with E-state index in [1.807, 2.05) is 13.8 Å². The highest BCUT2D eigenvalue weighted by molar-refractivity contribution is 7.89. The van der Waals surface area contributed by atoms with E-state index in [9.17, 15) is 13.5 Å². The summed E-state index contributed by atoms with van der Waals surface area (Å²) in [4.78, 5) is 0.159. The maximum Gasteiger partial charge on any atom is 0.243 e.